The van der Waals surface area contributed by atoms with Crippen molar-refractivity contribution in [3.63, 3.8) is 0 Å². The molecule has 1 amide bonds. The van der Waals surface area contributed by atoms with Gasteiger partial charge in [0.05, 0.1) is 16.5 Å². The number of carbonyl (C=O) groups excluding carboxylic acids is 1. The summed E-state index contributed by atoms with van der Waals surface area (Å²) in [7, 11) is 0. The van der Waals surface area contributed by atoms with Crippen molar-refractivity contribution in [1.82, 2.24) is 14.5 Å². The third kappa shape index (κ3) is 4.49. The number of benzene rings is 2. The first-order valence-electron chi connectivity index (χ1n) is 9.33. The Hall–Kier alpha value is -2.70. The Morgan fingerprint density at radius 2 is 1.93 bits per heavy atom. The van der Waals surface area contributed by atoms with Crippen molar-refractivity contribution >= 4 is 45.0 Å². The van der Waals surface area contributed by atoms with Gasteiger partial charge in [0.1, 0.15) is 0 Å². The Balaban J connectivity index is 0.00000240. The largest absolute Gasteiger partial charge is 0.337 e. The highest BCUT2D eigenvalue weighted by molar-refractivity contribution is 7.22. The molecule has 5 nitrogen and oxygen atoms in total. The highest BCUT2D eigenvalue weighted by Gasteiger charge is 2.21. The van der Waals surface area contributed by atoms with Gasteiger partial charge in [-0.05, 0) is 49.6 Å². The van der Waals surface area contributed by atoms with Crippen LogP contribution in [0.1, 0.15) is 27.9 Å². The summed E-state index contributed by atoms with van der Waals surface area (Å²) >= 11 is 1.57. The number of amides is 1. The monoisotopic (exact) mass is 426 g/mol. The number of anilines is 1. The van der Waals surface area contributed by atoms with Gasteiger partial charge in [0.2, 0.25) is 0 Å². The minimum absolute atomic E-state index is 0. The molecule has 0 fully saturated rings. The molecule has 2 aromatic heterocycles. The molecular formula is C22H23ClN4OS. The molecule has 150 valence electrons. The molecule has 0 aliphatic rings. The number of hydrogen-bond donors (Lipinski definition) is 0. The summed E-state index contributed by atoms with van der Waals surface area (Å²) in [5, 5.41) is 0.753. The number of rotatable bonds is 6. The Kier molecular flexibility index (Phi) is 6.67. The van der Waals surface area contributed by atoms with Gasteiger partial charge in [0.15, 0.2) is 5.13 Å². The summed E-state index contributed by atoms with van der Waals surface area (Å²) in [6, 6.07) is 13.6. The maximum atomic E-state index is 13.2. The van der Waals surface area contributed by atoms with Crippen molar-refractivity contribution in [2.75, 3.05) is 11.4 Å². The minimum Gasteiger partial charge on any atom is -0.337 e. The lowest BCUT2D eigenvalue weighted by molar-refractivity contribution is 0.0986. The van der Waals surface area contributed by atoms with E-state index in [9.17, 15) is 4.79 Å². The fourth-order valence-electron chi connectivity index (χ4n) is 3.18. The Morgan fingerprint density at radius 1 is 1.14 bits per heavy atom. The summed E-state index contributed by atoms with van der Waals surface area (Å²) in [6.07, 6.45) is 6.33. The molecule has 0 aliphatic heterocycles. The number of thiazole rings is 1. The summed E-state index contributed by atoms with van der Waals surface area (Å²) in [5.74, 6) is -0.0142. The van der Waals surface area contributed by atoms with E-state index in [0.717, 1.165) is 28.3 Å². The van der Waals surface area contributed by atoms with Crippen molar-refractivity contribution in [3.8, 4) is 0 Å². The number of aryl methyl sites for hydroxylation is 3. The molecular weight excluding hydrogens is 404 g/mol. The molecule has 0 radical (unpaired) electrons. The topological polar surface area (TPSA) is 51.0 Å². The van der Waals surface area contributed by atoms with Gasteiger partial charge in [-0.25, -0.2) is 9.97 Å². The van der Waals surface area contributed by atoms with Gasteiger partial charge >= 0.3 is 0 Å². The van der Waals surface area contributed by atoms with Gasteiger partial charge in [-0.1, -0.05) is 35.6 Å². The van der Waals surface area contributed by atoms with E-state index in [4.69, 9.17) is 4.98 Å². The molecule has 0 N–H and O–H groups in total. The zero-order valence-electron chi connectivity index (χ0n) is 16.4. The molecule has 0 bridgehead atoms. The second-order valence-electron chi connectivity index (χ2n) is 6.83. The fraction of sp³-hybridized carbons (Fsp3) is 0.227. The van der Waals surface area contributed by atoms with Crippen LogP contribution < -0.4 is 4.90 Å². The minimum atomic E-state index is -0.0142. The van der Waals surface area contributed by atoms with Crippen molar-refractivity contribution in [2.24, 2.45) is 0 Å². The van der Waals surface area contributed by atoms with Crippen LogP contribution >= 0.6 is 23.7 Å². The zero-order chi connectivity index (χ0) is 19.5. The number of halogens is 1. The van der Waals surface area contributed by atoms with Crippen molar-refractivity contribution < 1.29 is 4.79 Å². The standard InChI is InChI=1S/C22H22N4OS.ClH/c1-16-9-10-19-20(17(16)2)24-22(28-19)26(13-6-12-25-14-11-23-15-25)21(27)18-7-4-3-5-8-18;/h3-5,7-11,14-15H,6,12-13H2,1-2H3;1H. The van der Waals surface area contributed by atoms with Gasteiger partial charge in [-0.2, -0.15) is 0 Å². The number of imidazole rings is 1. The first kappa shape index (κ1) is 21.0. The summed E-state index contributed by atoms with van der Waals surface area (Å²) in [6.45, 7) is 5.58. The third-order valence-electron chi connectivity index (χ3n) is 4.93. The molecule has 4 rings (SSSR count). The highest BCUT2D eigenvalue weighted by atomic mass is 35.5. The first-order chi connectivity index (χ1) is 13.6. The molecule has 0 saturated carbocycles. The van der Waals surface area contributed by atoms with E-state index >= 15 is 0 Å². The maximum Gasteiger partial charge on any atom is 0.260 e. The van der Waals surface area contributed by atoms with Gasteiger partial charge in [-0.3, -0.25) is 9.69 Å². The van der Waals surface area contributed by atoms with E-state index in [-0.39, 0.29) is 18.3 Å². The van der Waals surface area contributed by atoms with Crippen LogP contribution in [0.2, 0.25) is 0 Å². The Bertz CT molecular complexity index is 1090. The van der Waals surface area contributed by atoms with E-state index in [0.29, 0.717) is 12.1 Å². The second-order valence-corrected chi connectivity index (χ2v) is 7.84. The van der Waals surface area contributed by atoms with Gasteiger partial charge in [0, 0.05) is 31.0 Å². The van der Waals surface area contributed by atoms with Gasteiger partial charge in [-0.15, -0.1) is 12.4 Å². The van der Waals surface area contributed by atoms with E-state index < -0.39 is 0 Å². The SMILES string of the molecule is Cc1ccc2sc(N(CCCn3ccnc3)C(=O)c3ccccc3)nc2c1C.Cl. The van der Waals surface area contributed by atoms with Gasteiger partial charge in [0.25, 0.3) is 5.91 Å². The van der Waals surface area contributed by atoms with Crippen LogP contribution in [0.25, 0.3) is 10.2 Å². The lowest BCUT2D eigenvalue weighted by Crippen LogP contribution is -2.32. The average molecular weight is 427 g/mol. The van der Waals surface area contributed by atoms with Crippen LogP contribution in [-0.2, 0) is 6.54 Å². The molecule has 0 spiro atoms. The maximum absolute atomic E-state index is 13.2. The smallest absolute Gasteiger partial charge is 0.260 e. The predicted octanol–water partition coefficient (Wildman–Crippen LogP) is 5.27. The lowest BCUT2D eigenvalue weighted by Gasteiger charge is -2.20. The second kappa shape index (κ2) is 9.20. The first-order valence-corrected chi connectivity index (χ1v) is 10.1. The van der Waals surface area contributed by atoms with Crippen LogP contribution in [0.15, 0.2) is 61.2 Å². The molecule has 0 aliphatic carbocycles. The number of nitrogens with zero attached hydrogens (tertiary/aromatic N) is 4. The van der Waals surface area contributed by atoms with Gasteiger partial charge < -0.3 is 4.57 Å². The summed E-state index contributed by atoms with van der Waals surface area (Å²) < 4.78 is 3.13. The highest BCUT2D eigenvalue weighted by Crippen LogP contribution is 2.32. The Labute approximate surface area is 180 Å². The van der Waals surface area contributed by atoms with Crippen LogP contribution in [0, 0.1) is 13.8 Å². The quantitative estimate of drug-likeness (QED) is 0.422. The molecule has 0 atom stereocenters. The molecule has 29 heavy (non-hydrogen) atoms. The third-order valence-corrected chi connectivity index (χ3v) is 5.97. The normalized spacial score (nSPS) is 10.7. The predicted molar refractivity (Wildman–Crippen MR) is 121 cm³/mol. The number of fused-ring (bicyclic) bond motifs is 1. The van der Waals surface area contributed by atoms with E-state index in [1.54, 1.807) is 23.9 Å². The summed E-state index contributed by atoms with van der Waals surface area (Å²) in [4.78, 5) is 24.0. The van der Waals surface area contributed by atoms with E-state index in [1.807, 2.05) is 46.0 Å². The lowest BCUT2D eigenvalue weighted by atomic mass is 10.1. The van der Waals surface area contributed by atoms with E-state index in [1.165, 1.54) is 11.1 Å². The van der Waals surface area contributed by atoms with Crippen molar-refractivity contribution in [3.05, 3.63) is 77.9 Å². The zero-order valence-corrected chi connectivity index (χ0v) is 18.0. The molecule has 2 aromatic carbocycles. The van der Waals surface area contributed by atoms with Crippen LogP contribution in [0.4, 0.5) is 5.13 Å². The fourth-order valence-corrected chi connectivity index (χ4v) is 4.23. The average Bonchev–Trinajstić information content (AvgIpc) is 3.38. The number of aromatic nitrogens is 3. The van der Waals surface area contributed by atoms with Crippen molar-refractivity contribution in [2.45, 2.75) is 26.8 Å². The molecule has 2 heterocycles. The molecule has 4 aromatic rings. The van der Waals surface area contributed by atoms with Crippen LogP contribution in [0.5, 0.6) is 0 Å². The van der Waals surface area contributed by atoms with E-state index in [2.05, 4.69) is 31.0 Å². The Morgan fingerprint density at radius 3 is 2.66 bits per heavy atom. The summed E-state index contributed by atoms with van der Waals surface area (Å²) in [5.41, 5.74) is 4.05. The number of hydrogen-bond acceptors (Lipinski definition) is 4. The van der Waals surface area contributed by atoms with Crippen LogP contribution in [0.3, 0.4) is 0 Å². The molecule has 7 heteroatoms. The van der Waals surface area contributed by atoms with Crippen LogP contribution in [-0.4, -0.2) is 27.0 Å². The number of carbonyl (C=O) groups is 1. The van der Waals surface area contributed by atoms with Crippen molar-refractivity contribution in [1.29, 1.82) is 0 Å². The molecule has 0 unspecified atom stereocenters. The molecule has 0 saturated heterocycles.